The number of unbranched alkanes of at least 4 members (excludes halogenated alkanes) is 14. The lowest BCUT2D eigenvalue weighted by Gasteiger charge is -2.18. The largest absolute Gasteiger partial charge is 0.462 e. The van der Waals surface area contributed by atoms with Crippen LogP contribution < -0.4 is 0 Å². The fraction of sp³-hybridized carbons (Fsp3) is 0.518. The summed E-state index contributed by atoms with van der Waals surface area (Å²) < 4.78 is 16.6. The van der Waals surface area contributed by atoms with Gasteiger partial charge in [-0.25, -0.2) is 0 Å². The molecule has 0 aromatic heterocycles. The Bertz CT molecular complexity index is 1440. The summed E-state index contributed by atoms with van der Waals surface area (Å²) in [5.41, 5.74) is 0. The first-order valence-corrected chi connectivity index (χ1v) is 24.0. The molecule has 0 amide bonds. The monoisotopic (exact) mass is 853 g/mol. The average Bonchev–Trinajstić information content (AvgIpc) is 3.27. The van der Waals surface area contributed by atoms with E-state index in [-0.39, 0.29) is 44.0 Å². The van der Waals surface area contributed by atoms with Gasteiger partial charge >= 0.3 is 17.9 Å². The number of allylic oxidation sites excluding steroid dienone is 24. The molecule has 1 unspecified atom stereocenters. The molecule has 0 N–H and O–H groups in total. The van der Waals surface area contributed by atoms with E-state index in [1.165, 1.54) is 44.9 Å². The van der Waals surface area contributed by atoms with Crippen molar-refractivity contribution in [3.05, 3.63) is 146 Å². The Morgan fingerprint density at radius 2 is 0.645 bits per heavy atom. The van der Waals surface area contributed by atoms with Gasteiger partial charge in [-0.2, -0.15) is 0 Å². The third-order valence-electron chi connectivity index (χ3n) is 9.34. The van der Waals surface area contributed by atoms with Crippen LogP contribution in [-0.4, -0.2) is 37.2 Å². The molecule has 0 radical (unpaired) electrons. The Morgan fingerprint density at radius 3 is 1.06 bits per heavy atom. The van der Waals surface area contributed by atoms with Crippen molar-refractivity contribution in [1.29, 1.82) is 0 Å². The van der Waals surface area contributed by atoms with Gasteiger partial charge in [0.2, 0.25) is 0 Å². The molecule has 0 aromatic carbocycles. The van der Waals surface area contributed by atoms with Crippen LogP contribution in [0.1, 0.15) is 168 Å². The summed E-state index contributed by atoms with van der Waals surface area (Å²) in [6.45, 7) is 6.18. The van der Waals surface area contributed by atoms with Crippen molar-refractivity contribution in [2.45, 2.75) is 175 Å². The van der Waals surface area contributed by atoms with Crippen molar-refractivity contribution >= 4 is 17.9 Å². The summed E-state index contributed by atoms with van der Waals surface area (Å²) in [5, 5.41) is 0. The van der Waals surface area contributed by atoms with Gasteiger partial charge in [0.15, 0.2) is 6.10 Å². The van der Waals surface area contributed by atoms with E-state index >= 15 is 0 Å². The summed E-state index contributed by atoms with van der Waals surface area (Å²) in [4.78, 5) is 37.8. The highest BCUT2D eigenvalue weighted by atomic mass is 16.6. The predicted molar refractivity (Wildman–Crippen MR) is 265 cm³/mol. The van der Waals surface area contributed by atoms with E-state index < -0.39 is 6.10 Å². The minimum absolute atomic E-state index is 0.139. The molecule has 0 spiro atoms. The normalized spacial score (nSPS) is 13.4. The zero-order valence-corrected chi connectivity index (χ0v) is 39.1. The molecule has 0 saturated heterocycles. The average molecular weight is 853 g/mol. The number of carbonyl (C=O) groups is 3. The maximum absolute atomic E-state index is 12.7. The van der Waals surface area contributed by atoms with E-state index in [4.69, 9.17) is 14.2 Å². The molecular formula is C56H84O6. The molecule has 62 heavy (non-hydrogen) atoms. The predicted octanol–water partition coefficient (Wildman–Crippen LogP) is 15.7. The van der Waals surface area contributed by atoms with Gasteiger partial charge in [0.25, 0.3) is 0 Å². The molecule has 0 bridgehead atoms. The summed E-state index contributed by atoms with van der Waals surface area (Å²) in [6.07, 6.45) is 69.8. The first-order chi connectivity index (χ1) is 30.5. The van der Waals surface area contributed by atoms with E-state index in [2.05, 4.69) is 63.3 Å². The van der Waals surface area contributed by atoms with Gasteiger partial charge in [-0.05, 0) is 77.0 Å². The molecular weight excluding hydrogens is 769 g/mol. The molecule has 0 aliphatic carbocycles. The van der Waals surface area contributed by atoms with E-state index in [0.29, 0.717) is 19.3 Å². The Kier molecular flexibility index (Phi) is 45.2. The third-order valence-corrected chi connectivity index (χ3v) is 9.34. The van der Waals surface area contributed by atoms with Gasteiger partial charge in [0.1, 0.15) is 13.2 Å². The lowest BCUT2D eigenvalue weighted by Crippen LogP contribution is -2.30. The van der Waals surface area contributed by atoms with Crippen LogP contribution in [0.3, 0.4) is 0 Å². The lowest BCUT2D eigenvalue weighted by molar-refractivity contribution is -0.167. The van der Waals surface area contributed by atoms with Crippen LogP contribution in [0.5, 0.6) is 0 Å². The summed E-state index contributed by atoms with van der Waals surface area (Å²) >= 11 is 0. The Balaban J connectivity index is 4.65. The topological polar surface area (TPSA) is 78.9 Å². The lowest BCUT2D eigenvalue weighted by atomic mass is 10.1. The molecule has 0 aromatic rings. The van der Waals surface area contributed by atoms with Crippen LogP contribution in [0, 0.1) is 0 Å². The van der Waals surface area contributed by atoms with Gasteiger partial charge in [0.05, 0.1) is 0 Å². The van der Waals surface area contributed by atoms with Crippen molar-refractivity contribution in [2.24, 2.45) is 0 Å². The van der Waals surface area contributed by atoms with Gasteiger partial charge in [-0.15, -0.1) is 0 Å². The zero-order valence-electron chi connectivity index (χ0n) is 39.1. The number of rotatable bonds is 40. The number of hydrogen-bond acceptors (Lipinski definition) is 6. The van der Waals surface area contributed by atoms with Crippen LogP contribution in [0.4, 0.5) is 0 Å². The molecule has 0 aliphatic heterocycles. The second-order valence-corrected chi connectivity index (χ2v) is 15.2. The molecule has 344 valence electrons. The smallest absolute Gasteiger partial charge is 0.306 e. The first kappa shape index (κ1) is 57.3. The van der Waals surface area contributed by atoms with E-state index in [9.17, 15) is 14.4 Å². The van der Waals surface area contributed by atoms with Crippen molar-refractivity contribution in [3.63, 3.8) is 0 Å². The van der Waals surface area contributed by atoms with Crippen LogP contribution in [0.15, 0.2) is 146 Å². The Hall–Kier alpha value is -4.71. The summed E-state index contributed by atoms with van der Waals surface area (Å²) in [5.74, 6) is -1.10. The quantitative estimate of drug-likeness (QED) is 0.0264. The zero-order chi connectivity index (χ0) is 45.1. The van der Waals surface area contributed by atoms with Crippen molar-refractivity contribution in [1.82, 2.24) is 0 Å². The van der Waals surface area contributed by atoms with Gasteiger partial charge in [0, 0.05) is 19.3 Å². The second-order valence-electron chi connectivity index (χ2n) is 15.2. The minimum Gasteiger partial charge on any atom is -0.462 e. The van der Waals surface area contributed by atoms with E-state index in [1.54, 1.807) is 0 Å². The fourth-order valence-corrected chi connectivity index (χ4v) is 5.78. The van der Waals surface area contributed by atoms with E-state index in [1.807, 2.05) is 103 Å². The third kappa shape index (κ3) is 46.4. The molecule has 0 heterocycles. The highest BCUT2D eigenvalue weighted by Gasteiger charge is 2.19. The van der Waals surface area contributed by atoms with Gasteiger partial charge < -0.3 is 14.2 Å². The maximum atomic E-state index is 12.7. The van der Waals surface area contributed by atoms with Crippen molar-refractivity contribution in [2.75, 3.05) is 13.2 Å². The number of ether oxygens (including phenoxy) is 3. The van der Waals surface area contributed by atoms with Crippen LogP contribution in [0.25, 0.3) is 0 Å². The summed E-state index contributed by atoms with van der Waals surface area (Å²) in [7, 11) is 0. The maximum Gasteiger partial charge on any atom is 0.306 e. The van der Waals surface area contributed by atoms with Crippen LogP contribution in [0.2, 0.25) is 0 Å². The summed E-state index contributed by atoms with van der Waals surface area (Å²) in [6, 6.07) is 0. The minimum atomic E-state index is -0.845. The molecule has 0 aliphatic rings. The molecule has 6 nitrogen and oxygen atoms in total. The number of hydrogen-bond donors (Lipinski definition) is 0. The fourth-order valence-electron chi connectivity index (χ4n) is 5.78. The number of carbonyl (C=O) groups excluding carboxylic acids is 3. The highest BCUT2D eigenvalue weighted by Crippen LogP contribution is 2.11. The molecule has 0 rings (SSSR count). The van der Waals surface area contributed by atoms with Gasteiger partial charge in [-0.3, -0.25) is 14.4 Å². The van der Waals surface area contributed by atoms with Crippen molar-refractivity contribution < 1.29 is 28.6 Å². The molecule has 0 saturated carbocycles. The number of esters is 3. The first-order valence-electron chi connectivity index (χ1n) is 24.0. The van der Waals surface area contributed by atoms with E-state index in [0.717, 1.165) is 70.6 Å². The van der Waals surface area contributed by atoms with Gasteiger partial charge in [-0.1, -0.05) is 218 Å². The Morgan fingerprint density at radius 1 is 0.339 bits per heavy atom. The molecule has 1 atom stereocenters. The second kappa shape index (κ2) is 49.0. The highest BCUT2D eigenvalue weighted by molar-refractivity contribution is 5.71. The standard InChI is InChI=1S/C56H84O6/c1-4-7-10-13-16-19-22-25-27-29-31-34-37-40-43-46-49-55(58)61-52-53(51-60-54(57)48-45-42-39-36-33-30-24-21-18-15-12-9-6-3)62-56(59)50-47-44-41-38-35-32-28-26-23-20-17-14-11-8-5-2/h8-9,11-12,14-15,17-18,20-21,23-24,26-36,39,53H,4-7,10,13,16,19,22,25,37-38,40-52H2,1-3H3/b11-8-,12-9-,17-14-,18-15-,23-20-,24-21-,28-26-,29-27-,33-30-,34-31-,35-32-,39-36-. The van der Waals surface area contributed by atoms with Crippen molar-refractivity contribution in [3.8, 4) is 0 Å². The molecule has 6 heteroatoms. The SMILES string of the molecule is CC\C=C/C=C\C=C/C=C\C=C/CCCCCC(=O)OC(COC(=O)CCC\C=C/C=C\C=C/C=C\C=C/CC)COC(=O)CCCCC/C=C\C=C/CCCCCCCCC. The Labute approximate surface area is 378 Å². The van der Waals surface area contributed by atoms with Crippen LogP contribution >= 0.6 is 0 Å². The van der Waals surface area contributed by atoms with Crippen LogP contribution in [-0.2, 0) is 28.6 Å². The molecule has 0 fully saturated rings.